The van der Waals surface area contributed by atoms with Crippen molar-refractivity contribution in [3.63, 3.8) is 0 Å². The Kier molecular flexibility index (Phi) is 7.17. The third kappa shape index (κ3) is 6.54. The third-order valence-corrected chi connectivity index (χ3v) is 4.58. The van der Waals surface area contributed by atoms with Gasteiger partial charge >= 0.3 is 5.97 Å². The Hall–Kier alpha value is -3.93. The van der Waals surface area contributed by atoms with Gasteiger partial charge in [0.25, 0.3) is 5.91 Å². The van der Waals surface area contributed by atoms with Gasteiger partial charge in [0, 0.05) is 11.4 Å². The summed E-state index contributed by atoms with van der Waals surface area (Å²) in [5.41, 5.74) is 3.49. The van der Waals surface area contributed by atoms with E-state index in [1.165, 1.54) is 6.92 Å². The van der Waals surface area contributed by atoms with E-state index in [1.807, 2.05) is 49.4 Å². The second-order valence-corrected chi connectivity index (χ2v) is 7.19. The lowest BCUT2D eigenvalue weighted by atomic mass is 10.1. The van der Waals surface area contributed by atoms with Gasteiger partial charge in [0.1, 0.15) is 0 Å². The van der Waals surface area contributed by atoms with Gasteiger partial charge in [-0.2, -0.15) is 0 Å². The van der Waals surface area contributed by atoms with Crippen LogP contribution in [-0.4, -0.2) is 23.9 Å². The molecular weight excluding hydrogens is 392 g/mol. The number of anilines is 2. The Bertz CT molecular complexity index is 1050. The van der Waals surface area contributed by atoms with E-state index in [2.05, 4.69) is 10.6 Å². The van der Waals surface area contributed by atoms with Crippen LogP contribution in [0.25, 0.3) is 0 Å². The van der Waals surface area contributed by atoms with Gasteiger partial charge in [-0.3, -0.25) is 9.59 Å². The number of esters is 1. The minimum absolute atomic E-state index is 0.150. The zero-order chi connectivity index (χ0) is 22.2. The highest BCUT2D eigenvalue weighted by atomic mass is 16.5. The molecule has 31 heavy (non-hydrogen) atoms. The summed E-state index contributed by atoms with van der Waals surface area (Å²) in [6.07, 6.45) is -0.697. The summed E-state index contributed by atoms with van der Waals surface area (Å²) in [6.45, 7) is 3.47. The van der Waals surface area contributed by atoms with Crippen LogP contribution in [0.15, 0.2) is 78.9 Å². The third-order valence-electron chi connectivity index (χ3n) is 4.58. The van der Waals surface area contributed by atoms with Crippen molar-refractivity contribution in [2.75, 3.05) is 10.6 Å². The summed E-state index contributed by atoms with van der Waals surface area (Å²) in [4.78, 5) is 36.7. The number of benzene rings is 3. The number of hydrogen-bond donors (Lipinski definition) is 2. The Morgan fingerprint density at radius 1 is 0.806 bits per heavy atom. The van der Waals surface area contributed by atoms with E-state index in [1.54, 1.807) is 36.4 Å². The fourth-order valence-electron chi connectivity index (χ4n) is 2.84. The quantitative estimate of drug-likeness (QED) is 0.561. The van der Waals surface area contributed by atoms with E-state index in [-0.39, 0.29) is 17.9 Å². The number of ether oxygens (including phenoxy) is 1. The summed E-state index contributed by atoms with van der Waals surface area (Å²) in [5, 5.41) is 5.50. The molecule has 2 N–H and O–H groups in total. The van der Waals surface area contributed by atoms with Crippen LogP contribution in [0.1, 0.15) is 28.4 Å². The van der Waals surface area contributed by atoms with Crippen LogP contribution >= 0.6 is 0 Å². The fraction of sp³-hybridized carbons (Fsp3) is 0.160. The fourth-order valence-corrected chi connectivity index (χ4v) is 2.84. The predicted octanol–water partition coefficient (Wildman–Crippen LogP) is 4.36. The van der Waals surface area contributed by atoms with Crippen molar-refractivity contribution >= 4 is 29.2 Å². The maximum Gasteiger partial charge on any atom is 0.338 e. The summed E-state index contributed by atoms with van der Waals surface area (Å²) in [6, 6.07) is 23.1. The molecule has 0 unspecified atom stereocenters. The normalized spacial score (nSPS) is 11.3. The molecule has 0 spiro atoms. The molecule has 0 aliphatic carbocycles. The van der Waals surface area contributed by atoms with Gasteiger partial charge in [0.15, 0.2) is 6.10 Å². The standard InChI is InChI=1S/C25H24N2O4/c1-17-8-12-22(13-9-17)27-24(29)18(2)31-25(30)20-10-14-21(15-11-20)26-23(28)16-19-6-4-3-5-7-19/h3-15,18H,16H2,1-2H3,(H,26,28)(H,27,29)/t18-/m1/s1. The van der Waals surface area contributed by atoms with E-state index in [4.69, 9.17) is 4.74 Å². The smallest absolute Gasteiger partial charge is 0.338 e. The van der Waals surface area contributed by atoms with Gasteiger partial charge < -0.3 is 15.4 Å². The largest absolute Gasteiger partial charge is 0.449 e. The van der Waals surface area contributed by atoms with Crippen LogP contribution in [0.4, 0.5) is 11.4 Å². The van der Waals surface area contributed by atoms with Crippen molar-refractivity contribution in [2.45, 2.75) is 26.4 Å². The molecule has 0 bridgehead atoms. The van der Waals surface area contributed by atoms with Crippen LogP contribution < -0.4 is 10.6 Å². The van der Waals surface area contributed by atoms with Gasteiger partial charge in [-0.15, -0.1) is 0 Å². The minimum Gasteiger partial charge on any atom is -0.449 e. The molecule has 0 aliphatic heterocycles. The van der Waals surface area contributed by atoms with Crippen LogP contribution in [0.2, 0.25) is 0 Å². The maximum absolute atomic E-state index is 12.3. The van der Waals surface area contributed by atoms with Crippen molar-refractivity contribution in [2.24, 2.45) is 0 Å². The van der Waals surface area contributed by atoms with Crippen molar-refractivity contribution < 1.29 is 19.1 Å². The molecule has 3 aromatic rings. The number of aryl methyl sites for hydroxylation is 1. The monoisotopic (exact) mass is 416 g/mol. The Balaban J connectivity index is 1.51. The van der Waals surface area contributed by atoms with Crippen LogP contribution in [0.5, 0.6) is 0 Å². The molecule has 6 nitrogen and oxygen atoms in total. The first-order chi connectivity index (χ1) is 14.9. The summed E-state index contributed by atoms with van der Waals surface area (Å²) < 4.78 is 5.26. The van der Waals surface area contributed by atoms with Crippen LogP contribution in [0.3, 0.4) is 0 Å². The average molecular weight is 416 g/mol. The summed E-state index contributed by atoms with van der Waals surface area (Å²) >= 11 is 0. The second-order valence-electron chi connectivity index (χ2n) is 7.19. The van der Waals surface area contributed by atoms with E-state index in [9.17, 15) is 14.4 Å². The number of rotatable bonds is 7. The van der Waals surface area contributed by atoms with E-state index < -0.39 is 18.0 Å². The molecule has 1 atom stereocenters. The molecule has 0 saturated heterocycles. The van der Waals surface area contributed by atoms with E-state index >= 15 is 0 Å². The molecule has 3 rings (SSSR count). The zero-order valence-corrected chi connectivity index (χ0v) is 17.4. The van der Waals surface area contributed by atoms with E-state index in [0.29, 0.717) is 11.4 Å². The first-order valence-corrected chi connectivity index (χ1v) is 9.93. The molecule has 0 radical (unpaired) electrons. The Labute approximate surface area is 181 Å². The topological polar surface area (TPSA) is 84.5 Å². The highest BCUT2D eigenvalue weighted by Crippen LogP contribution is 2.14. The van der Waals surface area contributed by atoms with Gasteiger partial charge in [-0.1, -0.05) is 48.0 Å². The molecule has 0 aliphatic rings. The summed E-state index contributed by atoms with van der Waals surface area (Å²) in [7, 11) is 0. The molecule has 0 aromatic heterocycles. The first kappa shape index (κ1) is 21.8. The van der Waals surface area contributed by atoms with Crippen molar-refractivity contribution in [3.05, 3.63) is 95.6 Å². The molecule has 158 valence electrons. The SMILES string of the molecule is Cc1ccc(NC(=O)[C@@H](C)OC(=O)c2ccc(NC(=O)Cc3ccccc3)cc2)cc1. The van der Waals surface area contributed by atoms with Crippen LogP contribution in [-0.2, 0) is 20.7 Å². The van der Waals surface area contributed by atoms with E-state index in [0.717, 1.165) is 11.1 Å². The minimum atomic E-state index is -0.959. The van der Waals surface area contributed by atoms with Gasteiger partial charge in [-0.05, 0) is 55.8 Å². The highest BCUT2D eigenvalue weighted by molar-refractivity contribution is 5.98. The van der Waals surface area contributed by atoms with Crippen molar-refractivity contribution in [1.82, 2.24) is 0 Å². The summed E-state index contributed by atoms with van der Waals surface area (Å²) in [5.74, 6) is -1.18. The lowest BCUT2D eigenvalue weighted by molar-refractivity contribution is -0.123. The number of hydrogen-bond acceptors (Lipinski definition) is 4. The Morgan fingerprint density at radius 3 is 2.03 bits per heavy atom. The number of carbonyl (C=O) groups excluding carboxylic acids is 3. The van der Waals surface area contributed by atoms with Crippen LogP contribution in [0, 0.1) is 6.92 Å². The molecule has 6 heteroatoms. The number of carbonyl (C=O) groups is 3. The lowest BCUT2D eigenvalue weighted by Gasteiger charge is -2.14. The number of amides is 2. The predicted molar refractivity (Wildman–Crippen MR) is 120 cm³/mol. The van der Waals surface area contributed by atoms with Crippen molar-refractivity contribution in [1.29, 1.82) is 0 Å². The first-order valence-electron chi connectivity index (χ1n) is 9.93. The molecule has 0 saturated carbocycles. The van der Waals surface area contributed by atoms with Gasteiger partial charge in [-0.25, -0.2) is 4.79 Å². The zero-order valence-electron chi connectivity index (χ0n) is 17.4. The highest BCUT2D eigenvalue weighted by Gasteiger charge is 2.19. The average Bonchev–Trinajstić information content (AvgIpc) is 2.76. The molecule has 0 fully saturated rings. The maximum atomic E-state index is 12.3. The molecule has 2 amide bonds. The van der Waals surface area contributed by atoms with Crippen molar-refractivity contribution in [3.8, 4) is 0 Å². The molecule has 0 heterocycles. The molecular formula is C25H24N2O4. The molecule has 3 aromatic carbocycles. The number of nitrogens with one attached hydrogen (secondary N) is 2. The second kappa shape index (κ2) is 10.2. The van der Waals surface area contributed by atoms with Gasteiger partial charge in [0.2, 0.25) is 5.91 Å². The Morgan fingerprint density at radius 2 is 1.39 bits per heavy atom. The van der Waals surface area contributed by atoms with Gasteiger partial charge in [0.05, 0.1) is 12.0 Å². The lowest BCUT2D eigenvalue weighted by Crippen LogP contribution is -2.30.